The number of benzene rings is 3. The Morgan fingerprint density at radius 2 is 1.15 bits per heavy atom. The molecule has 0 amide bonds. The minimum Gasteiger partial charge on any atom is -1.00 e. The first-order chi connectivity index (χ1) is 30.7. The van der Waals surface area contributed by atoms with Crippen molar-refractivity contribution in [3.05, 3.63) is 88.9 Å². The van der Waals surface area contributed by atoms with E-state index in [9.17, 15) is 0 Å². The summed E-state index contributed by atoms with van der Waals surface area (Å²) in [5, 5.41) is 35.7. The van der Waals surface area contributed by atoms with Gasteiger partial charge < -0.3 is 32.4 Å². The van der Waals surface area contributed by atoms with Crippen LogP contribution in [0.3, 0.4) is 0 Å². The zero-order valence-corrected chi connectivity index (χ0v) is 52.5. The van der Waals surface area contributed by atoms with E-state index in [1.807, 2.05) is 121 Å². The molecule has 6 N–H and O–H groups in total. The van der Waals surface area contributed by atoms with Gasteiger partial charge in [0, 0.05) is 93.4 Å². The summed E-state index contributed by atoms with van der Waals surface area (Å²) in [6.07, 6.45) is 3.63. The Morgan fingerprint density at radius 1 is 0.754 bits per heavy atom. The van der Waals surface area contributed by atoms with Crippen molar-refractivity contribution in [2.24, 2.45) is 5.73 Å². The molecule has 5 heterocycles. The zero-order chi connectivity index (χ0) is 48.1. The largest absolute Gasteiger partial charge is 1.00 e. The first-order valence-electron chi connectivity index (χ1n) is 21.0. The van der Waals surface area contributed by atoms with E-state index in [-0.39, 0.29) is 111 Å². The third kappa shape index (κ3) is 39.9. The van der Waals surface area contributed by atoms with Gasteiger partial charge in [-0.05, 0) is 73.7 Å². The SMILES string of the molecule is CC.CC.CC.CN.CN1CCN(P)CC1.CN1CCNCC1.ClCCN(Cl)CCCl.Ic1[nH]nc2ccccc12.O=CO[O-].[H-].[K+].[K+].c1ccc2[nH]ncc2c1.c1ccc2[nH]ncc2c1. The second kappa shape index (κ2) is 55.5. The van der Waals surface area contributed by atoms with E-state index in [4.69, 9.17) is 45.0 Å². The summed E-state index contributed by atoms with van der Waals surface area (Å²) in [7, 11) is 8.55. The van der Waals surface area contributed by atoms with Crippen LogP contribution in [-0.2, 0) is 9.68 Å². The number of fused-ring (bicyclic) bond motifs is 3. The van der Waals surface area contributed by atoms with E-state index in [2.05, 4.69) is 113 Å². The van der Waals surface area contributed by atoms with E-state index in [1.165, 1.54) is 51.7 Å². The number of aromatic amines is 3. The fourth-order valence-electron chi connectivity index (χ4n) is 4.59. The molecule has 0 radical (unpaired) electrons. The summed E-state index contributed by atoms with van der Waals surface area (Å²) >= 11 is 18.5. The summed E-state index contributed by atoms with van der Waals surface area (Å²) in [5.74, 6) is 1.11. The molecule has 22 heteroatoms. The van der Waals surface area contributed by atoms with Crippen molar-refractivity contribution in [3.63, 3.8) is 0 Å². The summed E-state index contributed by atoms with van der Waals surface area (Å²) in [4.78, 5) is 15.9. The summed E-state index contributed by atoms with van der Waals surface area (Å²) < 4.78 is 4.95. The molecule has 0 saturated carbocycles. The average molecular weight is 1150 g/mol. The number of para-hydroxylation sites is 3. The second-order valence-corrected chi connectivity index (χ2v) is 14.9. The van der Waals surface area contributed by atoms with Crippen LogP contribution in [0, 0.1) is 3.70 Å². The van der Waals surface area contributed by atoms with Gasteiger partial charge >= 0.3 is 103 Å². The Labute approximate surface area is 507 Å². The van der Waals surface area contributed by atoms with E-state index in [0.717, 1.165) is 44.1 Å². The predicted molar refractivity (Wildman–Crippen MR) is 281 cm³/mol. The number of carbonyl (C=O) groups excluding carboxylic acids is 1. The van der Waals surface area contributed by atoms with Crippen LogP contribution in [0.5, 0.6) is 0 Å². The number of halogens is 4. The standard InChI is InChI=1S/C7H5IN2.2C7H6N2.C5H13N2P.C5H12N2.C4H8Cl3N.3C2H6.CH5N.CH2O3.2K.H/c8-7-5-3-1-2-4-6(5)9-10-7;2*1-2-4-7-6(3-1)5-8-9-7;1-6-2-4-7(8)5-3-6;1-7-4-2-6-3-5-7;5-1-3-8(7)4-2-6;4*1-2;2-1-4-3;;;/h1-4H,(H,9,10);2*1-5H,(H,8,9);2-5,8H2,1H3;6H,2-5H2,1H3;1-4H2;3*1-2H3;2H2,1H3;1,3H;;;/q;;;;;;;;;;;2*+1;-1/p-1. The number of piperazine rings is 2. The fourth-order valence-corrected chi connectivity index (χ4v) is 6.14. The molecular weight excluding hydrogens is 1070 g/mol. The molecule has 15 nitrogen and oxygen atoms in total. The van der Waals surface area contributed by atoms with Crippen molar-refractivity contribution in [3.8, 4) is 0 Å². The molecule has 2 fully saturated rings. The maximum Gasteiger partial charge on any atom is 1.00 e. The molecule has 65 heavy (non-hydrogen) atoms. The van der Waals surface area contributed by atoms with E-state index in [1.54, 1.807) is 4.42 Å². The van der Waals surface area contributed by atoms with Crippen LogP contribution < -0.4 is 119 Å². The average Bonchev–Trinajstić information content (AvgIpc) is 4.12. The number of aromatic nitrogens is 6. The number of hydrogen-bond acceptors (Lipinski definition) is 12. The number of nitrogens with two attached hydrogens (primary N) is 1. The van der Waals surface area contributed by atoms with Crippen LogP contribution in [0.25, 0.3) is 32.7 Å². The fraction of sp³-hybridized carbons (Fsp3) is 0.488. The van der Waals surface area contributed by atoms with Gasteiger partial charge in [-0.3, -0.25) is 24.8 Å². The van der Waals surface area contributed by atoms with Crippen molar-refractivity contribution in [2.75, 3.05) is 98.4 Å². The molecule has 2 aliphatic rings. The van der Waals surface area contributed by atoms with Crippen molar-refractivity contribution >= 4 is 106 Å². The molecule has 0 aliphatic carbocycles. The van der Waals surface area contributed by atoms with Gasteiger partial charge in [-0.1, -0.05) is 106 Å². The van der Waals surface area contributed by atoms with Crippen LogP contribution >= 0.6 is 67.0 Å². The van der Waals surface area contributed by atoms with E-state index < -0.39 is 0 Å². The molecule has 8 rings (SSSR count). The van der Waals surface area contributed by atoms with Gasteiger partial charge in [0.2, 0.25) is 0 Å². The molecule has 0 bridgehead atoms. The Bertz CT molecular complexity index is 1710. The van der Waals surface area contributed by atoms with Crippen LogP contribution in [0.4, 0.5) is 0 Å². The van der Waals surface area contributed by atoms with Crippen molar-refractivity contribution < 1.29 is 119 Å². The monoisotopic (exact) mass is 1150 g/mol. The Morgan fingerprint density at radius 3 is 1.51 bits per heavy atom. The van der Waals surface area contributed by atoms with Gasteiger partial charge in [-0.2, -0.15) is 15.3 Å². The molecule has 6 aromatic rings. The molecule has 3 aromatic carbocycles. The molecule has 360 valence electrons. The molecular formula is C43H75Cl3IK2N12O3P. The molecule has 2 saturated heterocycles. The molecule has 1 unspecified atom stereocenters. The third-order valence-electron chi connectivity index (χ3n) is 7.69. The zero-order valence-electron chi connectivity index (χ0n) is 41.7. The maximum atomic E-state index is 8.64. The summed E-state index contributed by atoms with van der Waals surface area (Å²) in [6.45, 7) is 22.8. The van der Waals surface area contributed by atoms with Gasteiger partial charge in [-0.25, -0.2) is 4.42 Å². The normalized spacial score (nSPS) is 12.4. The first kappa shape index (κ1) is 74.5. The number of likely N-dealkylation sites (N-methyl/N-ethyl adjacent to an activating group) is 2. The summed E-state index contributed by atoms with van der Waals surface area (Å²) in [5.41, 5.74) is 7.72. The number of nitrogens with zero attached hydrogens (tertiary/aromatic N) is 7. The van der Waals surface area contributed by atoms with E-state index >= 15 is 0 Å². The maximum absolute atomic E-state index is 8.64. The van der Waals surface area contributed by atoms with Gasteiger partial charge in [0.1, 0.15) is 3.70 Å². The Hall–Kier alpha value is 0.563. The topological polar surface area (TPSA) is 186 Å². The minimum absolute atomic E-state index is 0. The van der Waals surface area contributed by atoms with Crippen LogP contribution in [0.15, 0.2) is 85.2 Å². The first-order valence-corrected chi connectivity index (χ1v) is 24.0. The number of hydrogen-bond donors (Lipinski definition) is 5. The molecule has 3 aromatic heterocycles. The molecule has 0 spiro atoms. The van der Waals surface area contributed by atoms with Gasteiger partial charge in [0.05, 0.1) is 28.9 Å². The third-order valence-corrected chi connectivity index (χ3v) is 9.70. The number of carbonyl (C=O) groups is 1. The number of H-pyrrole nitrogens is 3. The van der Waals surface area contributed by atoms with Gasteiger partial charge in [0.25, 0.3) is 6.47 Å². The van der Waals surface area contributed by atoms with Crippen LogP contribution in [0.1, 0.15) is 43.0 Å². The van der Waals surface area contributed by atoms with Crippen LogP contribution in [-0.4, -0.2) is 154 Å². The minimum atomic E-state index is -0.181. The predicted octanol–water partition coefficient (Wildman–Crippen LogP) is 1.97. The molecule has 2 aliphatic heterocycles. The van der Waals surface area contributed by atoms with Crippen molar-refractivity contribution in [1.29, 1.82) is 0 Å². The number of rotatable bonds is 5. The number of nitrogens with one attached hydrogen (secondary N) is 4. The summed E-state index contributed by atoms with van der Waals surface area (Å²) in [6, 6.07) is 24.1. The van der Waals surface area contributed by atoms with Crippen molar-refractivity contribution in [2.45, 2.75) is 41.5 Å². The second-order valence-electron chi connectivity index (χ2n) is 11.8. The number of alkyl halides is 2. The molecule has 1 atom stereocenters. The smallest absolute Gasteiger partial charge is 1.00 e. The quantitative estimate of drug-likeness (QED) is 0.0248. The Balaban J connectivity index is -0.000000155. The van der Waals surface area contributed by atoms with Gasteiger partial charge in [-0.15, -0.1) is 23.2 Å². The van der Waals surface area contributed by atoms with Gasteiger partial charge in [0.15, 0.2) is 0 Å². The Kier molecular flexibility index (Phi) is 63.6. The van der Waals surface area contributed by atoms with Crippen LogP contribution in [0.2, 0.25) is 0 Å². The van der Waals surface area contributed by atoms with E-state index in [0.29, 0.717) is 24.8 Å². The van der Waals surface area contributed by atoms with Crippen molar-refractivity contribution in [1.82, 2.24) is 54.8 Å².